The zero-order valence-electron chi connectivity index (χ0n) is 14.7. The molecule has 0 aromatic heterocycles. The summed E-state index contributed by atoms with van der Waals surface area (Å²) < 4.78 is 6.01. The second kappa shape index (κ2) is 8.17. The van der Waals surface area contributed by atoms with E-state index in [9.17, 15) is 4.79 Å². The van der Waals surface area contributed by atoms with Gasteiger partial charge in [-0.2, -0.15) is 0 Å². The van der Waals surface area contributed by atoms with Crippen molar-refractivity contribution in [1.82, 2.24) is 5.32 Å². The van der Waals surface area contributed by atoms with Crippen LogP contribution in [0.5, 0.6) is 5.75 Å². The lowest BCUT2D eigenvalue weighted by molar-refractivity contribution is -0.125. The van der Waals surface area contributed by atoms with Crippen LogP contribution in [0.15, 0.2) is 54.6 Å². The molecule has 2 unspecified atom stereocenters. The topological polar surface area (TPSA) is 64.3 Å². The number of amides is 1. The van der Waals surface area contributed by atoms with E-state index in [-0.39, 0.29) is 17.9 Å². The molecule has 4 heteroatoms. The van der Waals surface area contributed by atoms with E-state index in [1.54, 1.807) is 0 Å². The van der Waals surface area contributed by atoms with Gasteiger partial charge in [0, 0.05) is 18.2 Å². The molecule has 2 aromatic rings. The van der Waals surface area contributed by atoms with E-state index in [4.69, 9.17) is 10.5 Å². The molecule has 2 atom stereocenters. The summed E-state index contributed by atoms with van der Waals surface area (Å²) in [5.74, 6) is 0.518. The lowest BCUT2D eigenvalue weighted by Crippen LogP contribution is -2.35. The van der Waals surface area contributed by atoms with Crippen LogP contribution in [0, 0.1) is 5.92 Å². The van der Waals surface area contributed by atoms with Crippen molar-refractivity contribution in [3.05, 3.63) is 65.7 Å². The Morgan fingerprint density at radius 1 is 1.16 bits per heavy atom. The molecule has 132 valence electrons. The third-order valence-corrected chi connectivity index (χ3v) is 4.91. The quantitative estimate of drug-likeness (QED) is 0.811. The fourth-order valence-electron chi connectivity index (χ4n) is 2.90. The van der Waals surface area contributed by atoms with Crippen LogP contribution in [0.4, 0.5) is 0 Å². The Kier molecular flexibility index (Phi) is 5.71. The highest BCUT2D eigenvalue weighted by Gasteiger charge is 2.23. The molecule has 0 saturated heterocycles. The Bertz CT molecular complexity index is 698. The Labute approximate surface area is 149 Å². The molecule has 0 aliphatic heterocycles. The Hall–Kier alpha value is -2.33. The molecular weight excluding hydrogens is 312 g/mol. The predicted molar refractivity (Wildman–Crippen MR) is 99.1 cm³/mol. The van der Waals surface area contributed by atoms with Crippen LogP contribution in [0.2, 0.25) is 0 Å². The van der Waals surface area contributed by atoms with Crippen LogP contribution in [0.3, 0.4) is 0 Å². The van der Waals surface area contributed by atoms with Gasteiger partial charge >= 0.3 is 0 Å². The molecule has 3 N–H and O–H groups in total. The highest BCUT2D eigenvalue weighted by molar-refractivity contribution is 5.79. The minimum absolute atomic E-state index is 0.0465. The van der Waals surface area contributed by atoms with Gasteiger partial charge in [-0.25, -0.2) is 0 Å². The van der Waals surface area contributed by atoms with E-state index < -0.39 is 0 Å². The fraction of sp³-hybridized carbons (Fsp3) is 0.381. The van der Waals surface area contributed by atoms with Gasteiger partial charge in [0.15, 0.2) is 0 Å². The Morgan fingerprint density at radius 3 is 2.52 bits per heavy atom. The second-order valence-electron chi connectivity index (χ2n) is 6.72. The van der Waals surface area contributed by atoms with Crippen LogP contribution in [0.25, 0.3) is 0 Å². The first-order valence-corrected chi connectivity index (χ1v) is 8.98. The van der Waals surface area contributed by atoms with Crippen LogP contribution >= 0.6 is 0 Å². The van der Waals surface area contributed by atoms with Crippen molar-refractivity contribution < 1.29 is 9.53 Å². The number of nitrogens with one attached hydrogen (secondary N) is 1. The van der Waals surface area contributed by atoms with Gasteiger partial charge in [-0.1, -0.05) is 55.5 Å². The predicted octanol–water partition coefficient (Wildman–Crippen LogP) is 3.57. The molecule has 4 nitrogen and oxygen atoms in total. The normalized spacial score (nSPS) is 16.6. The van der Waals surface area contributed by atoms with Crippen molar-refractivity contribution in [3.63, 3.8) is 0 Å². The molecule has 1 fully saturated rings. The first kappa shape index (κ1) is 17.5. The third kappa shape index (κ3) is 4.40. The molecule has 3 rings (SSSR count). The largest absolute Gasteiger partial charge is 0.490 e. The molecule has 25 heavy (non-hydrogen) atoms. The number of ether oxygens (including phenoxy) is 1. The molecule has 1 aliphatic rings. The van der Waals surface area contributed by atoms with Crippen molar-refractivity contribution in [2.45, 2.75) is 44.9 Å². The minimum Gasteiger partial charge on any atom is -0.490 e. The van der Waals surface area contributed by atoms with E-state index >= 15 is 0 Å². The molecular formula is C21H26N2O2. The number of hydrogen-bond acceptors (Lipinski definition) is 3. The summed E-state index contributed by atoms with van der Waals surface area (Å²) >= 11 is 0. The lowest BCUT2D eigenvalue weighted by Gasteiger charge is -2.27. The maximum Gasteiger partial charge on any atom is 0.225 e. The summed E-state index contributed by atoms with van der Waals surface area (Å²) in [4.78, 5) is 12.5. The van der Waals surface area contributed by atoms with Crippen LogP contribution < -0.4 is 15.8 Å². The number of hydrogen-bond donors (Lipinski definition) is 2. The molecule has 0 radical (unpaired) electrons. The number of rotatable bonds is 7. The lowest BCUT2D eigenvalue weighted by atomic mass is 9.94. The van der Waals surface area contributed by atoms with Gasteiger partial charge in [-0.15, -0.1) is 0 Å². The summed E-state index contributed by atoms with van der Waals surface area (Å²) in [6.45, 7) is 2.32. The first-order chi connectivity index (χ1) is 12.1. The minimum atomic E-state index is -0.317. The van der Waals surface area contributed by atoms with E-state index in [0.717, 1.165) is 29.7 Å². The van der Waals surface area contributed by atoms with E-state index in [2.05, 4.69) is 5.32 Å². The van der Waals surface area contributed by atoms with Crippen molar-refractivity contribution in [1.29, 1.82) is 0 Å². The van der Waals surface area contributed by atoms with Crippen molar-refractivity contribution >= 4 is 5.91 Å². The third-order valence-electron chi connectivity index (χ3n) is 4.91. The number of carbonyl (C=O) groups is 1. The number of carbonyl (C=O) groups excluding carboxylic acids is 1. The molecule has 1 amide bonds. The standard InChI is InChI=1S/C21H26N2O2/c1-15(20(22)16-8-3-2-4-9-16)21(24)23-14-17-10-5-6-13-19(17)25-18-11-7-12-18/h2-6,8-10,13,15,18,20H,7,11-12,14,22H2,1H3,(H,23,24). The highest BCUT2D eigenvalue weighted by atomic mass is 16.5. The average molecular weight is 338 g/mol. The monoisotopic (exact) mass is 338 g/mol. The number of nitrogens with two attached hydrogens (primary N) is 1. The zero-order chi connectivity index (χ0) is 17.6. The van der Waals surface area contributed by atoms with Gasteiger partial charge < -0.3 is 15.8 Å². The molecule has 0 heterocycles. The Balaban J connectivity index is 1.58. The fourth-order valence-corrected chi connectivity index (χ4v) is 2.90. The van der Waals surface area contributed by atoms with Crippen molar-refractivity contribution in [3.8, 4) is 5.75 Å². The summed E-state index contributed by atoms with van der Waals surface area (Å²) in [6, 6.07) is 17.3. The molecule has 1 aliphatic carbocycles. The first-order valence-electron chi connectivity index (χ1n) is 8.98. The second-order valence-corrected chi connectivity index (χ2v) is 6.72. The van der Waals surface area contributed by atoms with Gasteiger partial charge in [0.2, 0.25) is 5.91 Å². The van der Waals surface area contributed by atoms with Crippen LogP contribution in [0.1, 0.15) is 43.4 Å². The van der Waals surface area contributed by atoms with Crippen LogP contribution in [-0.2, 0) is 11.3 Å². The van der Waals surface area contributed by atoms with E-state index in [1.165, 1.54) is 6.42 Å². The van der Waals surface area contributed by atoms with Crippen molar-refractivity contribution in [2.24, 2.45) is 11.7 Å². The SMILES string of the molecule is CC(C(=O)NCc1ccccc1OC1CCC1)C(N)c1ccccc1. The number of para-hydroxylation sites is 1. The van der Waals surface area contributed by atoms with Gasteiger partial charge in [-0.3, -0.25) is 4.79 Å². The summed E-state index contributed by atoms with van der Waals surface area (Å²) in [7, 11) is 0. The smallest absolute Gasteiger partial charge is 0.225 e. The molecule has 2 aromatic carbocycles. The summed E-state index contributed by atoms with van der Waals surface area (Å²) in [6.07, 6.45) is 3.79. The Morgan fingerprint density at radius 2 is 1.84 bits per heavy atom. The van der Waals surface area contributed by atoms with E-state index in [1.807, 2.05) is 61.5 Å². The zero-order valence-corrected chi connectivity index (χ0v) is 14.7. The average Bonchev–Trinajstić information content (AvgIpc) is 2.63. The van der Waals surface area contributed by atoms with Gasteiger partial charge in [0.05, 0.1) is 12.0 Å². The molecule has 1 saturated carbocycles. The molecule has 0 spiro atoms. The van der Waals surface area contributed by atoms with E-state index in [0.29, 0.717) is 12.6 Å². The van der Waals surface area contributed by atoms with Crippen molar-refractivity contribution in [2.75, 3.05) is 0 Å². The maximum absolute atomic E-state index is 12.5. The van der Waals surface area contributed by atoms with Gasteiger partial charge in [0.1, 0.15) is 5.75 Å². The van der Waals surface area contributed by atoms with Gasteiger partial charge in [0.25, 0.3) is 0 Å². The van der Waals surface area contributed by atoms with Gasteiger partial charge in [-0.05, 0) is 30.9 Å². The maximum atomic E-state index is 12.5. The summed E-state index contributed by atoms with van der Waals surface area (Å²) in [5.41, 5.74) is 8.22. The summed E-state index contributed by atoms with van der Waals surface area (Å²) in [5, 5.41) is 3.00. The highest BCUT2D eigenvalue weighted by Crippen LogP contribution is 2.27. The van der Waals surface area contributed by atoms with Crippen LogP contribution in [-0.4, -0.2) is 12.0 Å². The number of benzene rings is 2. The molecule has 0 bridgehead atoms.